The topological polar surface area (TPSA) is 12.9 Å². The third-order valence-corrected chi connectivity index (χ3v) is 2.98. The van der Waals surface area contributed by atoms with Gasteiger partial charge in [-0.2, -0.15) is 0 Å². The first-order valence-corrected chi connectivity index (χ1v) is 5.07. The van der Waals surface area contributed by atoms with Crippen LogP contribution in [0.2, 0.25) is 0 Å². The van der Waals surface area contributed by atoms with Crippen LogP contribution in [0.4, 0.5) is 0 Å². The van der Waals surface area contributed by atoms with Crippen molar-refractivity contribution >= 4 is 11.3 Å². The normalized spacial score (nSPS) is 10.3. The Kier molecular flexibility index (Phi) is 2.15. The van der Waals surface area contributed by atoms with Crippen molar-refractivity contribution in [2.24, 2.45) is 0 Å². The standard InChI is InChI=1S/C11H11NS/c1-8-5-3-4-6-10(8)11-7-12-9(2)13-11/h3-7H,1-2H3. The van der Waals surface area contributed by atoms with Crippen molar-refractivity contribution < 1.29 is 0 Å². The van der Waals surface area contributed by atoms with Crippen molar-refractivity contribution in [3.63, 3.8) is 0 Å². The van der Waals surface area contributed by atoms with Crippen LogP contribution in [0.5, 0.6) is 0 Å². The van der Waals surface area contributed by atoms with Crippen molar-refractivity contribution in [2.45, 2.75) is 13.8 Å². The lowest BCUT2D eigenvalue weighted by Gasteiger charge is -2.00. The molecule has 0 atom stereocenters. The van der Waals surface area contributed by atoms with Crippen molar-refractivity contribution in [3.05, 3.63) is 41.0 Å². The minimum Gasteiger partial charge on any atom is -0.249 e. The van der Waals surface area contributed by atoms with Crippen molar-refractivity contribution in [2.75, 3.05) is 0 Å². The Labute approximate surface area is 82.1 Å². The van der Waals surface area contributed by atoms with E-state index in [1.54, 1.807) is 11.3 Å². The molecule has 66 valence electrons. The molecule has 0 fully saturated rings. The molecule has 0 bridgehead atoms. The fraction of sp³-hybridized carbons (Fsp3) is 0.182. The van der Waals surface area contributed by atoms with Crippen molar-refractivity contribution in [1.29, 1.82) is 0 Å². The summed E-state index contributed by atoms with van der Waals surface area (Å²) in [5.74, 6) is 0. The van der Waals surface area contributed by atoms with E-state index < -0.39 is 0 Å². The maximum Gasteiger partial charge on any atom is 0.0900 e. The van der Waals surface area contributed by atoms with Crippen LogP contribution in [-0.2, 0) is 0 Å². The Hall–Kier alpha value is -1.15. The van der Waals surface area contributed by atoms with E-state index in [1.807, 2.05) is 13.1 Å². The first-order chi connectivity index (χ1) is 6.27. The summed E-state index contributed by atoms with van der Waals surface area (Å²) >= 11 is 1.74. The van der Waals surface area contributed by atoms with Crippen molar-refractivity contribution in [1.82, 2.24) is 4.98 Å². The van der Waals surface area contributed by atoms with E-state index in [-0.39, 0.29) is 0 Å². The molecule has 1 nitrogen and oxygen atoms in total. The molecule has 0 N–H and O–H groups in total. The molecule has 0 radical (unpaired) electrons. The van der Waals surface area contributed by atoms with E-state index in [4.69, 9.17) is 0 Å². The summed E-state index contributed by atoms with van der Waals surface area (Å²) < 4.78 is 0. The quantitative estimate of drug-likeness (QED) is 0.669. The second kappa shape index (κ2) is 3.30. The third-order valence-electron chi connectivity index (χ3n) is 2.03. The number of aromatic nitrogens is 1. The van der Waals surface area contributed by atoms with E-state index in [0.717, 1.165) is 5.01 Å². The fourth-order valence-electron chi connectivity index (χ4n) is 1.34. The second-order valence-electron chi connectivity index (χ2n) is 3.06. The van der Waals surface area contributed by atoms with Gasteiger partial charge in [-0.3, -0.25) is 0 Å². The maximum atomic E-state index is 4.25. The maximum absolute atomic E-state index is 4.25. The molecule has 1 aromatic carbocycles. The fourth-order valence-corrected chi connectivity index (χ4v) is 2.20. The highest BCUT2D eigenvalue weighted by Gasteiger charge is 2.03. The Balaban J connectivity index is 2.52. The van der Waals surface area contributed by atoms with Crippen LogP contribution < -0.4 is 0 Å². The molecule has 1 aromatic heterocycles. The predicted octanol–water partition coefficient (Wildman–Crippen LogP) is 3.43. The highest BCUT2D eigenvalue weighted by atomic mass is 32.1. The molecule has 0 aliphatic carbocycles. The molecule has 0 saturated carbocycles. The van der Waals surface area contributed by atoms with Crippen molar-refractivity contribution in [3.8, 4) is 10.4 Å². The Morgan fingerprint density at radius 1 is 1.15 bits per heavy atom. The molecule has 13 heavy (non-hydrogen) atoms. The van der Waals surface area contributed by atoms with E-state index >= 15 is 0 Å². The number of benzene rings is 1. The summed E-state index contributed by atoms with van der Waals surface area (Å²) in [5.41, 5.74) is 2.61. The molecule has 0 saturated heterocycles. The molecule has 1 heterocycles. The van der Waals surface area contributed by atoms with Crippen LogP contribution >= 0.6 is 11.3 Å². The molecule has 2 rings (SSSR count). The number of hydrogen-bond donors (Lipinski definition) is 0. The van der Waals surface area contributed by atoms with E-state index in [0.29, 0.717) is 0 Å². The molecule has 0 aliphatic heterocycles. The Bertz CT molecular complexity index is 418. The minimum atomic E-state index is 1.12. The Morgan fingerprint density at radius 3 is 2.54 bits per heavy atom. The van der Waals surface area contributed by atoms with Gasteiger partial charge in [-0.15, -0.1) is 11.3 Å². The van der Waals surface area contributed by atoms with Crippen LogP contribution in [0.3, 0.4) is 0 Å². The van der Waals surface area contributed by atoms with Gasteiger partial charge in [0.15, 0.2) is 0 Å². The number of rotatable bonds is 1. The zero-order chi connectivity index (χ0) is 9.26. The van der Waals surface area contributed by atoms with Crippen LogP contribution in [0.1, 0.15) is 10.6 Å². The lowest BCUT2D eigenvalue weighted by Crippen LogP contribution is -1.77. The Morgan fingerprint density at radius 2 is 1.92 bits per heavy atom. The zero-order valence-corrected chi connectivity index (χ0v) is 8.56. The first-order valence-electron chi connectivity index (χ1n) is 4.26. The summed E-state index contributed by atoms with van der Waals surface area (Å²) in [6, 6.07) is 8.40. The molecule has 2 heteroatoms. The molecule has 0 spiro atoms. The first kappa shape index (κ1) is 8.45. The van der Waals surface area contributed by atoms with E-state index in [2.05, 4.69) is 36.2 Å². The van der Waals surface area contributed by atoms with Crippen LogP contribution in [0, 0.1) is 13.8 Å². The molecular weight excluding hydrogens is 178 g/mol. The monoisotopic (exact) mass is 189 g/mol. The average molecular weight is 189 g/mol. The van der Waals surface area contributed by atoms with Gasteiger partial charge in [0.05, 0.1) is 9.88 Å². The summed E-state index contributed by atoms with van der Waals surface area (Å²) in [6.07, 6.45) is 1.95. The van der Waals surface area contributed by atoms with E-state index in [1.165, 1.54) is 16.0 Å². The van der Waals surface area contributed by atoms with Gasteiger partial charge < -0.3 is 0 Å². The largest absolute Gasteiger partial charge is 0.249 e. The van der Waals surface area contributed by atoms with Crippen LogP contribution in [0.25, 0.3) is 10.4 Å². The molecular formula is C11H11NS. The highest BCUT2D eigenvalue weighted by Crippen LogP contribution is 2.27. The lowest BCUT2D eigenvalue weighted by molar-refractivity contribution is 1.30. The highest BCUT2D eigenvalue weighted by molar-refractivity contribution is 7.15. The second-order valence-corrected chi connectivity index (χ2v) is 4.29. The van der Waals surface area contributed by atoms with Gasteiger partial charge in [-0.05, 0) is 25.0 Å². The number of aryl methyl sites for hydroxylation is 2. The van der Waals surface area contributed by atoms with Crippen LogP contribution in [0.15, 0.2) is 30.5 Å². The summed E-state index contributed by atoms with van der Waals surface area (Å²) in [4.78, 5) is 5.51. The van der Waals surface area contributed by atoms with E-state index in [9.17, 15) is 0 Å². The molecule has 0 unspecified atom stereocenters. The molecule has 0 amide bonds. The van der Waals surface area contributed by atoms with Gasteiger partial charge in [0.2, 0.25) is 0 Å². The van der Waals surface area contributed by atoms with Crippen LogP contribution in [-0.4, -0.2) is 4.98 Å². The molecule has 0 aliphatic rings. The average Bonchev–Trinajstić information content (AvgIpc) is 2.53. The van der Waals surface area contributed by atoms with Gasteiger partial charge in [-0.1, -0.05) is 24.3 Å². The van der Waals surface area contributed by atoms with Gasteiger partial charge in [0.1, 0.15) is 0 Å². The summed E-state index contributed by atoms with van der Waals surface area (Å²) in [6.45, 7) is 4.16. The summed E-state index contributed by atoms with van der Waals surface area (Å²) in [5, 5.41) is 1.12. The summed E-state index contributed by atoms with van der Waals surface area (Å²) in [7, 11) is 0. The number of thiazole rings is 1. The van der Waals surface area contributed by atoms with Gasteiger partial charge in [0, 0.05) is 6.20 Å². The van der Waals surface area contributed by atoms with Gasteiger partial charge >= 0.3 is 0 Å². The zero-order valence-electron chi connectivity index (χ0n) is 7.74. The minimum absolute atomic E-state index is 1.12. The molecule has 2 aromatic rings. The third kappa shape index (κ3) is 1.63. The number of hydrogen-bond acceptors (Lipinski definition) is 2. The smallest absolute Gasteiger partial charge is 0.0900 e. The predicted molar refractivity (Wildman–Crippen MR) is 57.0 cm³/mol. The van der Waals surface area contributed by atoms with Gasteiger partial charge in [-0.25, -0.2) is 4.98 Å². The van der Waals surface area contributed by atoms with Gasteiger partial charge in [0.25, 0.3) is 0 Å². The number of nitrogens with zero attached hydrogens (tertiary/aromatic N) is 1. The SMILES string of the molecule is Cc1ncc(-c2ccccc2C)s1. The lowest BCUT2D eigenvalue weighted by atomic mass is 10.1.